The molecule has 0 bridgehead atoms. The number of imide groups is 2. The fourth-order valence-corrected chi connectivity index (χ4v) is 4.58. The molecule has 1 saturated carbocycles. The number of fused-ring (bicyclic) bond motifs is 1. The number of urea groups is 2. The summed E-state index contributed by atoms with van der Waals surface area (Å²) in [5.74, 6) is -2.30. The lowest BCUT2D eigenvalue weighted by Gasteiger charge is -2.60. The van der Waals surface area contributed by atoms with E-state index in [1.165, 1.54) is 9.80 Å². The lowest BCUT2D eigenvalue weighted by molar-refractivity contribution is -0.162. The maximum absolute atomic E-state index is 12.4. The lowest BCUT2D eigenvalue weighted by Crippen LogP contribution is -2.82. The molecule has 4 aliphatic rings. The summed E-state index contributed by atoms with van der Waals surface area (Å²) in [5.41, 5.74) is 0. The molecule has 0 aromatic carbocycles. The number of nitrogens with zero attached hydrogens (tertiary/aromatic N) is 3. The molecule has 0 radical (unpaired) electrons. The fraction of sp³-hybridized carbons (Fsp3) is 0.688. The Morgan fingerprint density at radius 3 is 1.77 bits per heavy atom. The Labute approximate surface area is 149 Å². The third-order valence-corrected chi connectivity index (χ3v) is 5.82. The first kappa shape index (κ1) is 16.8. The van der Waals surface area contributed by atoms with Gasteiger partial charge >= 0.3 is 12.1 Å². The molecule has 1 aliphatic carbocycles. The zero-order valence-electron chi connectivity index (χ0n) is 14.4. The monoisotopic (exact) mass is 363 g/mol. The molecule has 4 unspecified atom stereocenters. The van der Waals surface area contributed by atoms with Crippen molar-refractivity contribution in [1.82, 2.24) is 25.3 Å². The first-order chi connectivity index (χ1) is 12.4. The molecule has 0 aromatic rings. The minimum absolute atomic E-state index is 0.0307. The van der Waals surface area contributed by atoms with Crippen molar-refractivity contribution < 1.29 is 24.0 Å². The van der Waals surface area contributed by atoms with E-state index in [4.69, 9.17) is 0 Å². The van der Waals surface area contributed by atoms with Gasteiger partial charge in [0.2, 0.25) is 17.7 Å². The van der Waals surface area contributed by atoms with Crippen LogP contribution in [0.25, 0.3) is 0 Å². The molecule has 3 saturated heterocycles. The van der Waals surface area contributed by atoms with Gasteiger partial charge in [0.05, 0.1) is 23.9 Å². The van der Waals surface area contributed by atoms with Crippen LogP contribution in [0.1, 0.15) is 19.8 Å². The molecule has 2 N–H and O–H groups in total. The molecule has 26 heavy (non-hydrogen) atoms. The quantitative estimate of drug-likeness (QED) is 0.633. The molecule has 3 heterocycles. The molecule has 4 rings (SSSR count). The van der Waals surface area contributed by atoms with E-state index in [1.54, 1.807) is 4.90 Å². The second-order valence-corrected chi connectivity index (χ2v) is 7.14. The van der Waals surface area contributed by atoms with Gasteiger partial charge in [-0.25, -0.2) is 9.59 Å². The summed E-state index contributed by atoms with van der Waals surface area (Å²) in [6.45, 7) is 3.12. The highest BCUT2D eigenvalue weighted by Gasteiger charge is 2.67. The lowest BCUT2D eigenvalue weighted by atomic mass is 9.61. The molecule has 10 nitrogen and oxygen atoms in total. The van der Waals surface area contributed by atoms with Gasteiger partial charge in [0.1, 0.15) is 0 Å². The molecule has 10 heteroatoms. The van der Waals surface area contributed by atoms with Crippen molar-refractivity contribution in [3.63, 3.8) is 0 Å². The Morgan fingerprint density at radius 1 is 0.885 bits per heavy atom. The predicted octanol–water partition coefficient (Wildman–Crippen LogP) is -1.28. The van der Waals surface area contributed by atoms with E-state index < -0.39 is 47.8 Å². The summed E-state index contributed by atoms with van der Waals surface area (Å²) in [4.78, 5) is 66.2. The first-order valence-electron chi connectivity index (χ1n) is 8.94. The van der Waals surface area contributed by atoms with Crippen LogP contribution in [-0.2, 0) is 14.4 Å². The Hall–Kier alpha value is -2.65. The van der Waals surface area contributed by atoms with Crippen LogP contribution < -0.4 is 10.6 Å². The minimum Gasteiger partial charge on any atom is -0.339 e. The topological polar surface area (TPSA) is 119 Å². The highest BCUT2D eigenvalue weighted by atomic mass is 16.2. The van der Waals surface area contributed by atoms with Gasteiger partial charge in [0, 0.05) is 32.6 Å². The van der Waals surface area contributed by atoms with Crippen LogP contribution in [-0.4, -0.2) is 82.7 Å². The molecule has 0 aromatic heterocycles. The zero-order chi connectivity index (χ0) is 18.6. The van der Waals surface area contributed by atoms with Crippen molar-refractivity contribution in [2.24, 2.45) is 11.8 Å². The third kappa shape index (κ3) is 2.27. The van der Waals surface area contributed by atoms with Crippen LogP contribution in [0, 0.1) is 11.8 Å². The molecular formula is C16H21N5O5. The van der Waals surface area contributed by atoms with Gasteiger partial charge in [-0.15, -0.1) is 0 Å². The van der Waals surface area contributed by atoms with E-state index in [0.717, 1.165) is 0 Å². The van der Waals surface area contributed by atoms with Crippen molar-refractivity contribution in [1.29, 1.82) is 0 Å². The standard InChI is InChI=1S/C16H21N5O5/c1-2-3-8(22)19-4-6-20-11-9(13(23)17-15(20)25)10-12(11)21(7-5-19)16(26)18-14(10)24/h9-12H,2-7H2,1H3,(H,17,23,25)(H,18,24,26). The van der Waals surface area contributed by atoms with E-state index in [2.05, 4.69) is 10.6 Å². The van der Waals surface area contributed by atoms with Crippen LogP contribution >= 0.6 is 0 Å². The number of nitrogens with one attached hydrogen (secondary N) is 2. The van der Waals surface area contributed by atoms with Gasteiger partial charge in [0.15, 0.2) is 0 Å². The zero-order valence-corrected chi connectivity index (χ0v) is 14.4. The highest BCUT2D eigenvalue weighted by Crippen LogP contribution is 2.46. The van der Waals surface area contributed by atoms with Crippen molar-refractivity contribution in [3.05, 3.63) is 0 Å². The maximum atomic E-state index is 12.4. The number of carbonyl (C=O) groups excluding carboxylic acids is 5. The fourth-order valence-electron chi connectivity index (χ4n) is 4.58. The van der Waals surface area contributed by atoms with Crippen molar-refractivity contribution in [2.75, 3.05) is 26.2 Å². The largest absolute Gasteiger partial charge is 0.339 e. The van der Waals surface area contributed by atoms with Crippen LogP contribution in [0.3, 0.4) is 0 Å². The summed E-state index contributed by atoms with van der Waals surface area (Å²) in [5, 5.41) is 4.60. The number of rotatable bonds is 2. The molecule has 0 spiro atoms. The summed E-state index contributed by atoms with van der Waals surface area (Å²) in [6, 6.07) is -2.09. The summed E-state index contributed by atoms with van der Waals surface area (Å²) >= 11 is 0. The van der Waals surface area contributed by atoms with Gasteiger partial charge in [-0.3, -0.25) is 25.0 Å². The minimum atomic E-state index is -0.661. The van der Waals surface area contributed by atoms with Gasteiger partial charge in [-0.2, -0.15) is 0 Å². The Kier molecular flexibility index (Phi) is 3.85. The number of carbonyl (C=O) groups is 5. The second-order valence-electron chi connectivity index (χ2n) is 7.14. The predicted molar refractivity (Wildman–Crippen MR) is 86.5 cm³/mol. The van der Waals surface area contributed by atoms with Crippen molar-refractivity contribution in [3.8, 4) is 0 Å². The molecule has 4 fully saturated rings. The summed E-state index contributed by atoms with van der Waals surface area (Å²) in [7, 11) is 0. The normalized spacial score (nSPS) is 33.3. The van der Waals surface area contributed by atoms with Crippen LogP contribution in [0.4, 0.5) is 9.59 Å². The van der Waals surface area contributed by atoms with Crippen LogP contribution in [0.15, 0.2) is 0 Å². The van der Waals surface area contributed by atoms with E-state index in [-0.39, 0.29) is 19.0 Å². The van der Waals surface area contributed by atoms with Gasteiger partial charge in [-0.05, 0) is 6.42 Å². The van der Waals surface area contributed by atoms with Crippen molar-refractivity contribution >= 4 is 29.8 Å². The Bertz CT molecular complexity index is 659. The maximum Gasteiger partial charge on any atom is 0.324 e. The Morgan fingerprint density at radius 2 is 1.35 bits per heavy atom. The third-order valence-electron chi connectivity index (χ3n) is 5.82. The number of amides is 7. The Balaban J connectivity index is 1.68. The summed E-state index contributed by atoms with van der Waals surface area (Å²) < 4.78 is 0. The molecule has 140 valence electrons. The highest BCUT2D eigenvalue weighted by molar-refractivity contribution is 6.07. The summed E-state index contributed by atoms with van der Waals surface area (Å²) in [6.07, 6.45) is 1.11. The van der Waals surface area contributed by atoms with E-state index >= 15 is 0 Å². The second kappa shape index (κ2) is 5.96. The smallest absolute Gasteiger partial charge is 0.324 e. The van der Waals surface area contributed by atoms with E-state index in [1.807, 2.05) is 6.92 Å². The molecule has 4 atom stereocenters. The average molecular weight is 363 g/mol. The van der Waals surface area contributed by atoms with Crippen LogP contribution in [0.5, 0.6) is 0 Å². The first-order valence-corrected chi connectivity index (χ1v) is 8.94. The van der Waals surface area contributed by atoms with E-state index in [9.17, 15) is 24.0 Å². The molecule has 7 amide bonds. The SMILES string of the molecule is CCCC(=O)N1CCN2C(=O)NC(=O)C3C4C(=O)NC(=O)N(CC1)C4C32. The van der Waals surface area contributed by atoms with E-state index in [0.29, 0.717) is 25.9 Å². The molecule has 3 aliphatic heterocycles. The van der Waals surface area contributed by atoms with Gasteiger partial charge < -0.3 is 14.7 Å². The molecular weight excluding hydrogens is 342 g/mol. The number of hydrogen-bond acceptors (Lipinski definition) is 5. The van der Waals surface area contributed by atoms with Gasteiger partial charge in [0.25, 0.3) is 0 Å². The van der Waals surface area contributed by atoms with Crippen molar-refractivity contribution in [2.45, 2.75) is 31.8 Å². The average Bonchev–Trinajstić information content (AvgIpc) is 2.62. The van der Waals surface area contributed by atoms with Crippen LogP contribution in [0.2, 0.25) is 0 Å². The van der Waals surface area contributed by atoms with Gasteiger partial charge in [-0.1, -0.05) is 6.92 Å². The number of hydrogen-bond donors (Lipinski definition) is 2.